The SMILES string of the molecule is C=C/C(=C\C=C/C)c1cccc(OPN2CCCCC2)c1. The van der Waals surface area contributed by atoms with E-state index >= 15 is 0 Å². The lowest BCUT2D eigenvalue weighted by Crippen LogP contribution is -2.22. The highest BCUT2D eigenvalue weighted by Gasteiger charge is 2.10. The van der Waals surface area contributed by atoms with Gasteiger partial charge in [0.05, 0.1) is 0 Å². The van der Waals surface area contributed by atoms with Gasteiger partial charge in [0, 0.05) is 13.1 Å². The Kier molecular flexibility index (Phi) is 6.72. The molecule has 112 valence electrons. The van der Waals surface area contributed by atoms with Crippen LogP contribution in [0.2, 0.25) is 0 Å². The molecule has 21 heavy (non-hydrogen) atoms. The smallest absolute Gasteiger partial charge is 0.149 e. The topological polar surface area (TPSA) is 12.5 Å². The predicted octanol–water partition coefficient (Wildman–Crippen LogP) is 5.21. The minimum Gasteiger partial charge on any atom is -0.461 e. The summed E-state index contributed by atoms with van der Waals surface area (Å²) in [5.74, 6) is 0.935. The van der Waals surface area contributed by atoms with Crippen molar-refractivity contribution in [2.75, 3.05) is 13.1 Å². The van der Waals surface area contributed by atoms with Crippen molar-refractivity contribution < 1.29 is 4.52 Å². The van der Waals surface area contributed by atoms with Crippen LogP contribution in [0.4, 0.5) is 0 Å². The Labute approximate surface area is 130 Å². The molecule has 2 nitrogen and oxygen atoms in total. The molecule has 1 atom stereocenters. The van der Waals surface area contributed by atoms with Gasteiger partial charge in [-0.25, -0.2) is 0 Å². The summed E-state index contributed by atoms with van der Waals surface area (Å²) in [6.45, 7) is 8.23. The standard InChI is InChI=1S/C18H24NOP/c1-3-5-10-16(4-2)17-11-9-12-18(15-17)20-21-19-13-7-6-8-14-19/h3-5,9-12,15,21H,2,6-8,13-14H2,1H3/b5-3-,16-10+. The van der Waals surface area contributed by atoms with Crippen molar-refractivity contribution in [3.8, 4) is 5.75 Å². The maximum atomic E-state index is 5.96. The minimum atomic E-state index is 0.424. The summed E-state index contributed by atoms with van der Waals surface area (Å²) < 4.78 is 8.36. The monoisotopic (exact) mass is 301 g/mol. The van der Waals surface area contributed by atoms with E-state index in [0.29, 0.717) is 8.96 Å². The van der Waals surface area contributed by atoms with Crippen LogP contribution in [0.25, 0.3) is 5.57 Å². The summed E-state index contributed by atoms with van der Waals surface area (Å²) in [6.07, 6.45) is 11.9. The Balaban J connectivity index is 2.01. The second-order valence-electron chi connectivity index (χ2n) is 5.12. The van der Waals surface area contributed by atoms with Crippen LogP contribution in [0.1, 0.15) is 31.7 Å². The minimum absolute atomic E-state index is 0.424. The summed E-state index contributed by atoms with van der Waals surface area (Å²) in [5, 5.41) is 0. The molecule has 1 heterocycles. The van der Waals surface area contributed by atoms with Gasteiger partial charge in [0.1, 0.15) is 14.7 Å². The number of hydrogen-bond acceptors (Lipinski definition) is 2. The largest absolute Gasteiger partial charge is 0.461 e. The Hall–Kier alpha value is -1.37. The number of benzene rings is 1. The quantitative estimate of drug-likeness (QED) is 0.528. The van der Waals surface area contributed by atoms with E-state index in [1.807, 2.05) is 37.3 Å². The van der Waals surface area contributed by atoms with Crippen LogP contribution in [-0.4, -0.2) is 17.8 Å². The summed E-state index contributed by atoms with van der Waals surface area (Å²) in [7, 11) is 0.424. The molecule has 0 aromatic heterocycles. The summed E-state index contributed by atoms with van der Waals surface area (Å²) in [4.78, 5) is 0. The first-order chi connectivity index (χ1) is 10.3. The van der Waals surface area contributed by atoms with E-state index in [0.717, 1.165) is 30.0 Å². The fourth-order valence-corrected chi connectivity index (χ4v) is 3.18. The highest BCUT2D eigenvalue weighted by atomic mass is 31.1. The molecule has 1 aromatic rings. The van der Waals surface area contributed by atoms with Crippen molar-refractivity contribution in [3.63, 3.8) is 0 Å². The molecule has 2 rings (SSSR count). The van der Waals surface area contributed by atoms with Crippen molar-refractivity contribution in [2.24, 2.45) is 0 Å². The lowest BCUT2D eigenvalue weighted by Gasteiger charge is -2.25. The van der Waals surface area contributed by atoms with Crippen molar-refractivity contribution >= 4 is 14.5 Å². The van der Waals surface area contributed by atoms with E-state index in [4.69, 9.17) is 4.52 Å². The molecule has 0 bridgehead atoms. The highest BCUT2D eigenvalue weighted by molar-refractivity contribution is 7.29. The van der Waals surface area contributed by atoms with Crippen molar-refractivity contribution in [2.45, 2.75) is 26.2 Å². The number of piperidine rings is 1. The third-order valence-electron chi connectivity index (χ3n) is 3.50. The van der Waals surface area contributed by atoms with Crippen LogP contribution in [-0.2, 0) is 0 Å². The fourth-order valence-electron chi connectivity index (χ4n) is 2.32. The van der Waals surface area contributed by atoms with Gasteiger partial charge in [-0.1, -0.05) is 49.4 Å². The molecule has 0 amide bonds. The van der Waals surface area contributed by atoms with E-state index in [1.54, 1.807) is 0 Å². The molecule has 3 heteroatoms. The molecule has 1 unspecified atom stereocenters. The van der Waals surface area contributed by atoms with Crippen LogP contribution >= 0.6 is 8.96 Å². The van der Waals surface area contributed by atoms with Crippen LogP contribution in [0.5, 0.6) is 5.75 Å². The average Bonchev–Trinajstić information content (AvgIpc) is 2.55. The molecular formula is C18H24NOP. The molecular weight excluding hydrogens is 277 g/mol. The Morgan fingerprint density at radius 3 is 2.81 bits per heavy atom. The highest BCUT2D eigenvalue weighted by Crippen LogP contribution is 2.29. The van der Waals surface area contributed by atoms with Gasteiger partial charge in [0.25, 0.3) is 0 Å². The first kappa shape index (κ1) is 16.0. The maximum absolute atomic E-state index is 5.96. The van der Waals surface area contributed by atoms with Gasteiger partial charge in [0.2, 0.25) is 0 Å². The van der Waals surface area contributed by atoms with Crippen LogP contribution in [0.3, 0.4) is 0 Å². The van der Waals surface area contributed by atoms with E-state index in [-0.39, 0.29) is 0 Å². The molecule has 1 saturated heterocycles. The molecule has 0 saturated carbocycles. The number of rotatable bonds is 6. The van der Waals surface area contributed by atoms with Crippen molar-refractivity contribution in [1.29, 1.82) is 0 Å². The lowest BCUT2D eigenvalue weighted by molar-refractivity contribution is 0.354. The first-order valence-electron chi connectivity index (χ1n) is 7.57. The zero-order valence-corrected chi connectivity index (χ0v) is 13.7. The van der Waals surface area contributed by atoms with E-state index in [2.05, 4.69) is 29.5 Å². The Morgan fingerprint density at radius 1 is 1.29 bits per heavy atom. The third-order valence-corrected chi connectivity index (χ3v) is 4.54. The van der Waals surface area contributed by atoms with Crippen LogP contribution in [0.15, 0.2) is 55.1 Å². The van der Waals surface area contributed by atoms with Crippen molar-refractivity contribution in [3.05, 3.63) is 60.7 Å². The van der Waals surface area contributed by atoms with E-state index in [1.165, 1.54) is 19.3 Å². The molecule has 1 fully saturated rings. The van der Waals surface area contributed by atoms with Crippen LogP contribution in [0, 0.1) is 0 Å². The molecule has 0 spiro atoms. The van der Waals surface area contributed by atoms with E-state index in [9.17, 15) is 0 Å². The van der Waals surface area contributed by atoms with Gasteiger partial charge in [-0.15, -0.1) is 0 Å². The number of hydrogen-bond donors (Lipinski definition) is 0. The first-order valence-corrected chi connectivity index (χ1v) is 8.42. The second-order valence-corrected chi connectivity index (χ2v) is 6.14. The normalized spacial score (nSPS) is 17.7. The predicted molar refractivity (Wildman–Crippen MR) is 93.8 cm³/mol. The Morgan fingerprint density at radius 2 is 2.10 bits per heavy atom. The third kappa shape index (κ3) is 5.15. The van der Waals surface area contributed by atoms with Gasteiger partial charge in [-0.05, 0) is 43.0 Å². The molecule has 1 aliphatic rings. The number of nitrogens with zero attached hydrogens (tertiary/aromatic N) is 1. The van der Waals surface area contributed by atoms with Crippen LogP contribution < -0.4 is 4.52 Å². The summed E-state index contributed by atoms with van der Waals surface area (Å²) >= 11 is 0. The fraction of sp³-hybridized carbons (Fsp3) is 0.333. The van der Waals surface area contributed by atoms with E-state index < -0.39 is 0 Å². The molecule has 0 radical (unpaired) electrons. The summed E-state index contributed by atoms with van der Waals surface area (Å²) in [5.41, 5.74) is 2.25. The van der Waals surface area contributed by atoms with Gasteiger partial charge in [0.15, 0.2) is 0 Å². The second kappa shape index (κ2) is 8.81. The zero-order chi connectivity index (χ0) is 14.9. The van der Waals surface area contributed by atoms with Gasteiger partial charge < -0.3 is 4.52 Å². The molecule has 0 N–H and O–H groups in total. The van der Waals surface area contributed by atoms with Gasteiger partial charge >= 0.3 is 0 Å². The molecule has 0 aliphatic carbocycles. The lowest BCUT2D eigenvalue weighted by atomic mass is 10.1. The summed E-state index contributed by atoms with van der Waals surface area (Å²) in [6, 6.07) is 8.25. The zero-order valence-electron chi connectivity index (χ0n) is 12.7. The maximum Gasteiger partial charge on any atom is 0.149 e. The Bertz CT molecular complexity index is 516. The van der Waals surface area contributed by atoms with Gasteiger partial charge in [-0.2, -0.15) is 0 Å². The number of allylic oxidation sites excluding steroid dienone is 5. The van der Waals surface area contributed by atoms with Gasteiger partial charge in [-0.3, -0.25) is 4.67 Å². The van der Waals surface area contributed by atoms with Crippen molar-refractivity contribution in [1.82, 2.24) is 4.67 Å². The molecule has 1 aliphatic heterocycles. The average molecular weight is 301 g/mol. The molecule has 1 aromatic carbocycles.